The van der Waals surface area contributed by atoms with Gasteiger partial charge in [0.2, 0.25) is 0 Å². The number of thiophene rings is 1. The largest absolute Gasteiger partial charge is 0.321 e. The second kappa shape index (κ2) is 8.24. The van der Waals surface area contributed by atoms with Crippen molar-refractivity contribution in [2.75, 3.05) is 5.32 Å². The molecule has 1 aromatic heterocycles. The SMILES string of the molecule is O=C(NNC(=O)c1ccccc1NC(=O)c1cccs1)c1ccc(F)cc1. The zero-order valence-electron chi connectivity index (χ0n) is 13.9. The van der Waals surface area contributed by atoms with E-state index in [0.29, 0.717) is 10.6 Å². The molecule has 3 amide bonds. The van der Waals surface area contributed by atoms with Crippen LogP contribution in [-0.2, 0) is 0 Å². The van der Waals surface area contributed by atoms with E-state index in [9.17, 15) is 18.8 Å². The molecule has 8 heteroatoms. The molecule has 0 saturated heterocycles. The maximum Gasteiger partial charge on any atom is 0.271 e. The van der Waals surface area contributed by atoms with Gasteiger partial charge in [-0.25, -0.2) is 4.39 Å². The van der Waals surface area contributed by atoms with Crippen molar-refractivity contribution in [3.63, 3.8) is 0 Å². The number of rotatable bonds is 4. The summed E-state index contributed by atoms with van der Waals surface area (Å²) in [6.45, 7) is 0. The molecular formula is C19H14FN3O3S. The Hall–Kier alpha value is -3.52. The van der Waals surface area contributed by atoms with Crippen LogP contribution < -0.4 is 16.2 Å². The van der Waals surface area contributed by atoms with E-state index in [1.807, 2.05) is 0 Å². The van der Waals surface area contributed by atoms with Gasteiger partial charge in [-0.3, -0.25) is 25.2 Å². The van der Waals surface area contributed by atoms with E-state index >= 15 is 0 Å². The smallest absolute Gasteiger partial charge is 0.271 e. The Kier molecular flexibility index (Phi) is 5.58. The van der Waals surface area contributed by atoms with Crippen molar-refractivity contribution in [3.05, 3.63) is 87.9 Å². The molecule has 0 aliphatic carbocycles. The molecule has 3 N–H and O–H groups in total. The number of hydrogen-bond acceptors (Lipinski definition) is 4. The fraction of sp³-hybridized carbons (Fsp3) is 0. The van der Waals surface area contributed by atoms with Crippen molar-refractivity contribution in [1.29, 1.82) is 0 Å². The fourth-order valence-corrected chi connectivity index (χ4v) is 2.86. The summed E-state index contributed by atoms with van der Waals surface area (Å²) >= 11 is 1.28. The molecule has 0 fully saturated rings. The van der Waals surface area contributed by atoms with Gasteiger partial charge in [-0.05, 0) is 47.8 Å². The molecule has 0 unspecified atom stereocenters. The third-order valence-corrected chi connectivity index (χ3v) is 4.43. The van der Waals surface area contributed by atoms with Gasteiger partial charge in [-0.15, -0.1) is 11.3 Å². The van der Waals surface area contributed by atoms with Crippen LogP contribution in [0.25, 0.3) is 0 Å². The van der Waals surface area contributed by atoms with Gasteiger partial charge in [0.15, 0.2) is 0 Å². The highest BCUT2D eigenvalue weighted by Gasteiger charge is 2.15. The van der Waals surface area contributed by atoms with E-state index in [1.165, 1.54) is 29.5 Å². The number of benzene rings is 2. The molecule has 0 aliphatic rings. The van der Waals surface area contributed by atoms with Crippen molar-refractivity contribution in [2.45, 2.75) is 0 Å². The number of amides is 3. The molecular weight excluding hydrogens is 369 g/mol. The van der Waals surface area contributed by atoms with Crippen molar-refractivity contribution in [3.8, 4) is 0 Å². The van der Waals surface area contributed by atoms with Crippen LogP contribution in [0.15, 0.2) is 66.0 Å². The van der Waals surface area contributed by atoms with Gasteiger partial charge in [0.1, 0.15) is 5.82 Å². The molecule has 0 atom stereocenters. The zero-order chi connectivity index (χ0) is 19.2. The van der Waals surface area contributed by atoms with Crippen LogP contribution in [-0.4, -0.2) is 17.7 Å². The topological polar surface area (TPSA) is 87.3 Å². The van der Waals surface area contributed by atoms with Gasteiger partial charge in [0.05, 0.1) is 16.1 Å². The Morgan fingerprint density at radius 1 is 0.778 bits per heavy atom. The van der Waals surface area contributed by atoms with Crippen LogP contribution in [0.2, 0.25) is 0 Å². The van der Waals surface area contributed by atoms with E-state index in [2.05, 4.69) is 16.2 Å². The first kappa shape index (κ1) is 18.3. The molecule has 0 saturated carbocycles. The number of halogens is 1. The highest BCUT2D eigenvalue weighted by Crippen LogP contribution is 2.17. The summed E-state index contributed by atoms with van der Waals surface area (Å²) in [4.78, 5) is 37.1. The van der Waals surface area contributed by atoms with Gasteiger partial charge in [0, 0.05) is 5.56 Å². The van der Waals surface area contributed by atoms with Crippen LogP contribution in [0.3, 0.4) is 0 Å². The van der Waals surface area contributed by atoms with Gasteiger partial charge in [-0.2, -0.15) is 0 Å². The minimum atomic E-state index is -0.604. The van der Waals surface area contributed by atoms with Crippen molar-refractivity contribution in [1.82, 2.24) is 10.9 Å². The summed E-state index contributed by atoms with van der Waals surface area (Å²) in [5, 5.41) is 4.45. The Bertz CT molecular complexity index is 972. The number of hydrazine groups is 1. The zero-order valence-corrected chi connectivity index (χ0v) is 14.7. The number of nitrogens with one attached hydrogen (secondary N) is 3. The van der Waals surface area contributed by atoms with Gasteiger partial charge in [-0.1, -0.05) is 18.2 Å². The lowest BCUT2D eigenvalue weighted by Crippen LogP contribution is -2.41. The summed E-state index contributed by atoms with van der Waals surface area (Å²) < 4.78 is 12.9. The normalized spacial score (nSPS) is 10.1. The van der Waals surface area contributed by atoms with Crippen molar-refractivity contribution in [2.24, 2.45) is 0 Å². The lowest BCUT2D eigenvalue weighted by Gasteiger charge is -2.11. The molecule has 0 aliphatic heterocycles. The molecule has 0 bridgehead atoms. The average molecular weight is 383 g/mol. The molecule has 0 spiro atoms. The molecule has 3 rings (SSSR count). The quantitative estimate of drug-likeness (QED) is 0.605. The predicted octanol–water partition coefficient (Wildman–Crippen LogP) is 3.21. The standard InChI is InChI=1S/C19H14FN3O3S/c20-13-9-7-12(8-10-13)17(24)22-23-18(25)14-4-1-2-5-15(14)21-19(26)16-6-3-11-27-16/h1-11H,(H,21,26)(H,22,24)(H,23,25). The summed E-state index contributed by atoms with van der Waals surface area (Å²) in [5.41, 5.74) is 5.22. The average Bonchev–Trinajstić information content (AvgIpc) is 3.22. The number of para-hydroxylation sites is 1. The first-order chi connectivity index (χ1) is 13.0. The van der Waals surface area contributed by atoms with Crippen LogP contribution in [0, 0.1) is 5.82 Å². The monoisotopic (exact) mass is 383 g/mol. The van der Waals surface area contributed by atoms with E-state index in [1.54, 1.807) is 35.7 Å². The van der Waals surface area contributed by atoms with Crippen LogP contribution >= 0.6 is 11.3 Å². The van der Waals surface area contributed by atoms with E-state index in [4.69, 9.17) is 0 Å². The Labute approximate surface area is 158 Å². The first-order valence-electron chi connectivity index (χ1n) is 7.85. The Morgan fingerprint density at radius 2 is 1.48 bits per heavy atom. The van der Waals surface area contributed by atoms with Crippen LogP contribution in [0.5, 0.6) is 0 Å². The molecule has 136 valence electrons. The number of hydrogen-bond donors (Lipinski definition) is 3. The molecule has 2 aromatic carbocycles. The summed E-state index contributed by atoms with van der Waals surface area (Å²) in [5.74, 6) is -2.00. The third kappa shape index (κ3) is 4.56. The third-order valence-electron chi connectivity index (χ3n) is 3.56. The van der Waals surface area contributed by atoms with Crippen LogP contribution in [0.4, 0.5) is 10.1 Å². The molecule has 1 heterocycles. The second-order valence-corrected chi connectivity index (χ2v) is 6.34. The van der Waals surface area contributed by atoms with Gasteiger partial charge >= 0.3 is 0 Å². The lowest BCUT2D eigenvalue weighted by atomic mass is 10.1. The molecule has 27 heavy (non-hydrogen) atoms. The Morgan fingerprint density at radius 3 is 2.19 bits per heavy atom. The van der Waals surface area contributed by atoms with Gasteiger partial charge < -0.3 is 5.32 Å². The van der Waals surface area contributed by atoms with E-state index in [0.717, 1.165) is 12.1 Å². The number of anilines is 1. The minimum Gasteiger partial charge on any atom is -0.321 e. The van der Waals surface area contributed by atoms with Crippen molar-refractivity contribution < 1.29 is 18.8 Å². The van der Waals surface area contributed by atoms with Crippen LogP contribution in [0.1, 0.15) is 30.4 Å². The summed E-state index contributed by atoms with van der Waals surface area (Å²) in [6, 6.07) is 14.7. The summed E-state index contributed by atoms with van der Waals surface area (Å²) in [7, 11) is 0. The molecule has 6 nitrogen and oxygen atoms in total. The maximum atomic E-state index is 12.9. The molecule has 3 aromatic rings. The summed E-state index contributed by atoms with van der Waals surface area (Å²) in [6.07, 6.45) is 0. The fourth-order valence-electron chi connectivity index (χ4n) is 2.24. The Balaban J connectivity index is 1.67. The predicted molar refractivity (Wildman–Crippen MR) is 100 cm³/mol. The lowest BCUT2D eigenvalue weighted by molar-refractivity contribution is 0.0847. The van der Waals surface area contributed by atoms with Crippen molar-refractivity contribution >= 4 is 34.7 Å². The van der Waals surface area contributed by atoms with E-state index in [-0.39, 0.29) is 17.0 Å². The highest BCUT2D eigenvalue weighted by molar-refractivity contribution is 7.12. The number of carbonyl (C=O) groups excluding carboxylic acids is 3. The minimum absolute atomic E-state index is 0.182. The maximum absolute atomic E-state index is 12.9. The first-order valence-corrected chi connectivity index (χ1v) is 8.72. The van der Waals surface area contributed by atoms with Gasteiger partial charge in [0.25, 0.3) is 17.7 Å². The second-order valence-electron chi connectivity index (χ2n) is 5.39. The molecule has 0 radical (unpaired) electrons. The van der Waals surface area contributed by atoms with E-state index < -0.39 is 17.6 Å². The highest BCUT2D eigenvalue weighted by atomic mass is 32.1. The number of carbonyl (C=O) groups is 3.